The van der Waals surface area contributed by atoms with Gasteiger partial charge in [-0.2, -0.15) is 0 Å². The largest absolute Gasteiger partial charge is 0.456 e. The molecular formula is C26H28N2O2. The summed E-state index contributed by atoms with van der Waals surface area (Å²) < 4.78 is 6.40. The van der Waals surface area contributed by atoms with E-state index in [1.807, 2.05) is 37.3 Å². The predicted octanol–water partition coefficient (Wildman–Crippen LogP) is 5.46. The van der Waals surface area contributed by atoms with E-state index in [0.717, 1.165) is 69.7 Å². The number of aliphatic hydroxyl groups is 1. The quantitative estimate of drug-likeness (QED) is 0.437. The Balaban J connectivity index is 2.09. The first-order valence-electron chi connectivity index (χ1n) is 10.6. The topological polar surface area (TPSA) is 49.0 Å². The summed E-state index contributed by atoms with van der Waals surface area (Å²) in [4.78, 5) is 6.85. The summed E-state index contributed by atoms with van der Waals surface area (Å²) >= 11 is 0. The molecule has 4 nitrogen and oxygen atoms in total. The molecule has 0 spiro atoms. The molecule has 0 radical (unpaired) electrons. The van der Waals surface area contributed by atoms with Gasteiger partial charge in [-0.1, -0.05) is 24.3 Å². The van der Waals surface area contributed by atoms with Crippen LogP contribution in [-0.4, -0.2) is 24.7 Å². The highest BCUT2D eigenvalue weighted by Crippen LogP contribution is 2.41. The van der Waals surface area contributed by atoms with Crippen molar-refractivity contribution in [2.24, 2.45) is 4.99 Å². The minimum Gasteiger partial charge on any atom is -0.456 e. The molecular weight excluding hydrogens is 372 g/mol. The first-order valence-corrected chi connectivity index (χ1v) is 10.6. The SMILES string of the molecule is CCN=c1ccc2c(-c3ccccc3CO)c3ccc(N(CC)CC)cc3oc-2c1. The molecule has 1 N–H and O–H groups in total. The zero-order chi connectivity index (χ0) is 21.1. The molecule has 1 aliphatic heterocycles. The van der Waals surface area contributed by atoms with Crippen LogP contribution in [0, 0.1) is 0 Å². The number of rotatable bonds is 6. The second-order valence-electron chi connectivity index (χ2n) is 7.30. The van der Waals surface area contributed by atoms with Gasteiger partial charge in [0.05, 0.1) is 12.0 Å². The van der Waals surface area contributed by atoms with Crippen LogP contribution in [0.4, 0.5) is 5.69 Å². The summed E-state index contributed by atoms with van der Waals surface area (Å²) in [6.07, 6.45) is 0. The van der Waals surface area contributed by atoms with Crippen LogP contribution >= 0.6 is 0 Å². The molecule has 1 aliphatic carbocycles. The van der Waals surface area contributed by atoms with E-state index >= 15 is 0 Å². The minimum atomic E-state index is -0.00796. The Morgan fingerprint density at radius 1 is 0.900 bits per heavy atom. The molecule has 154 valence electrons. The summed E-state index contributed by atoms with van der Waals surface area (Å²) in [6, 6.07) is 20.6. The summed E-state index contributed by atoms with van der Waals surface area (Å²) in [6.45, 7) is 8.95. The van der Waals surface area contributed by atoms with Crippen LogP contribution in [0.25, 0.3) is 33.4 Å². The van der Waals surface area contributed by atoms with Gasteiger partial charge in [-0.15, -0.1) is 0 Å². The molecule has 1 heterocycles. The van der Waals surface area contributed by atoms with Crippen LogP contribution < -0.4 is 10.3 Å². The summed E-state index contributed by atoms with van der Waals surface area (Å²) in [5.74, 6) is 0.802. The van der Waals surface area contributed by atoms with Gasteiger partial charge in [-0.05, 0) is 56.2 Å². The lowest BCUT2D eigenvalue weighted by Crippen LogP contribution is -2.21. The highest BCUT2D eigenvalue weighted by Gasteiger charge is 2.19. The summed E-state index contributed by atoms with van der Waals surface area (Å²) in [7, 11) is 0. The zero-order valence-corrected chi connectivity index (χ0v) is 17.9. The van der Waals surface area contributed by atoms with Gasteiger partial charge in [0.25, 0.3) is 0 Å². The van der Waals surface area contributed by atoms with Crippen LogP contribution in [-0.2, 0) is 6.61 Å². The lowest BCUT2D eigenvalue weighted by atomic mass is 9.91. The first-order chi connectivity index (χ1) is 14.7. The van der Waals surface area contributed by atoms with Gasteiger partial charge in [0, 0.05) is 54.0 Å². The maximum absolute atomic E-state index is 9.97. The van der Waals surface area contributed by atoms with Crippen molar-refractivity contribution in [3.8, 4) is 22.5 Å². The van der Waals surface area contributed by atoms with Gasteiger partial charge >= 0.3 is 0 Å². The zero-order valence-electron chi connectivity index (χ0n) is 17.9. The number of fused-ring (bicyclic) bond motifs is 2. The molecule has 2 aromatic carbocycles. The molecule has 4 heteroatoms. The lowest BCUT2D eigenvalue weighted by Gasteiger charge is -2.22. The fourth-order valence-corrected chi connectivity index (χ4v) is 4.13. The van der Waals surface area contributed by atoms with Gasteiger partial charge in [0.2, 0.25) is 0 Å². The van der Waals surface area contributed by atoms with E-state index in [4.69, 9.17) is 4.42 Å². The maximum Gasteiger partial charge on any atom is 0.137 e. The molecule has 0 saturated heterocycles. The average molecular weight is 401 g/mol. The molecule has 4 rings (SSSR count). The highest BCUT2D eigenvalue weighted by atomic mass is 16.3. The predicted molar refractivity (Wildman–Crippen MR) is 124 cm³/mol. The van der Waals surface area contributed by atoms with E-state index in [-0.39, 0.29) is 6.61 Å². The third kappa shape index (κ3) is 3.59. The number of benzene rings is 3. The molecule has 0 unspecified atom stereocenters. The maximum atomic E-state index is 9.97. The monoisotopic (exact) mass is 400 g/mol. The number of aliphatic hydroxyl groups excluding tert-OH is 1. The number of anilines is 1. The molecule has 0 fully saturated rings. The molecule has 0 aromatic heterocycles. The third-order valence-corrected chi connectivity index (χ3v) is 5.62. The molecule has 30 heavy (non-hydrogen) atoms. The molecule has 0 bridgehead atoms. The number of hydrogen-bond acceptors (Lipinski definition) is 4. The van der Waals surface area contributed by atoms with Gasteiger partial charge in [0.15, 0.2) is 0 Å². The van der Waals surface area contributed by atoms with Crippen LogP contribution in [0.5, 0.6) is 0 Å². The Morgan fingerprint density at radius 2 is 1.70 bits per heavy atom. The second kappa shape index (κ2) is 8.72. The normalized spacial score (nSPS) is 12.1. The number of hydrogen-bond donors (Lipinski definition) is 1. The van der Waals surface area contributed by atoms with E-state index in [1.54, 1.807) is 0 Å². The minimum absolute atomic E-state index is 0.00796. The van der Waals surface area contributed by atoms with Crippen LogP contribution in [0.2, 0.25) is 0 Å². The fraction of sp³-hybridized carbons (Fsp3) is 0.269. The molecule has 2 aliphatic rings. The van der Waals surface area contributed by atoms with Crippen molar-refractivity contribution < 1.29 is 9.52 Å². The van der Waals surface area contributed by atoms with Crippen LogP contribution in [0.1, 0.15) is 26.3 Å². The van der Waals surface area contributed by atoms with Gasteiger partial charge in [-0.25, -0.2) is 0 Å². The fourth-order valence-electron chi connectivity index (χ4n) is 4.13. The molecule has 0 atom stereocenters. The number of nitrogens with zero attached hydrogens (tertiary/aromatic N) is 2. The van der Waals surface area contributed by atoms with Crippen molar-refractivity contribution in [1.29, 1.82) is 0 Å². The van der Waals surface area contributed by atoms with E-state index in [9.17, 15) is 5.11 Å². The van der Waals surface area contributed by atoms with Crippen molar-refractivity contribution in [3.05, 3.63) is 71.6 Å². The smallest absolute Gasteiger partial charge is 0.137 e. The van der Waals surface area contributed by atoms with Gasteiger partial charge < -0.3 is 14.4 Å². The third-order valence-electron chi connectivity index (χ3n) is 5.62. The van der Waals surface area contributed by atoms with E-state index in [2.05, 4.69) is 54.1 Å². The van der Waals surface area contributed by atoms with E-state index < -0.39 is 0 Å². The lowest BCUT2D eigenvalue weighted by molar-refractivity contribution is 0.282. The summed E-state index contributed by atoms with van der Waals surface area (Å²) in [5, 5.41) is 11.9. The van der Waals surface area contributed by atoms with Gasteiger partial charge in [0.1, 0.15) is 11.3 Å². The van der Waals surface area contributed by atoms with Crippen molar-refractivity contribution in [3.63, 3.8) is 0 Å². The molecule has 2 aromatic rings. The highest BCUT2D eigenvalue weighted by molar-refractivity contribution is 6.03. The molecule has 0 saturated carbocycles. The molecule has 0 amide bonds. The standard InChI is InChI=1S/C26H28N2O2/c1-4-27-19-11-13-22-24(15-19)30-25-16-20(28(5-2)6-3)12-14-23(25)26(22)21-10-8-7-9-18(21)17-29/h7-16,29H,4-6,17H2,1-3H3. The second-order valence-corrected chi connectivity index (χ2v) is 7.30. The first kappa shape index (κ1) is 20.2. The van der Waals surface area contributed by atoms with Crippen molar-refractivity contribution in [2.45, 2.75) is 27.4 Å². The van der Waals surface area contributed by atoms with Gasteiger partial charge in [-0.3, -0.25) is 4.99 Å². The van der Waals surface area contributed by atoms with Crippen molar-refractivity contribution in [1.82, 2.24) is 0 Å². The Morgan fingerprint density at radius 3 is 2.43 bits per heavy atom. The Hall–Kier alpha value is -3.11. The van der Waals surface area contributed by atoms with E-state index in [1.165, 1.54) is 0 Å². The van der Waals surface area contributed by atoms with Crippen LogP contribution in [0.15, 0.2) is 70.1 Å². The van der Waals surface area contributed by atoms with E-state index in [0.29, 0.717) is 0 Å². The average Bonchev–Trinajstić information content (AvgIpc) is 2.78. The summed E-state index contributed by atoms with van der Waals surface area (Å²) in [5.41, 5.74) is 6.02. The Labute approximate surface area is 177 Å². The Bertz CT molecular complexity index is 1210. The van der Waals surface area contributed by atoms with Crippen molar-refractivity contribution >= 4 is 16.7 Å². The van der Waals surface area contributed by atoms with Crippen LogP contribution in [0.3, 0.4) is 0 Å². The Kier molecular flexibility index (Phi) is 5.86. The van der Waals surface area contributed by atoms with Crippen molar-refractivity contribution in [2.75, 3.05) is 24.5 Å².